The van der Waals surface area contributed by atoms with E-state index in [9.17, 15) is 9.90 Å². The lowest BCUT2D eigenvalue weighted by Gasteiger charge is -2.38. The van der Waals surface area contributed by atoms with Crippen molar-refractivity contribution in [2.45, 2.75) is 25.5 Å². The molecule has 1 saturated heterocycles. The molecule has 1 N–H and O–H groups in total. The molecule has 0 unspecified atom stereocenters. The van der Waals surface area contributed by atoms with E-state index in [0.717, 1.165) is 10.2 Å². The average Bonchev–Trinajstić information content (AvgIpc) is 2.95. The van der Waals surface area contributed by atoms with Crippen LogP contribution in [0.3, 0.4) is 0 Å². The summed E-state index contributed by atoms with van der Waals surface area (Å²) >= 11 is 3.38. The van der Waals surface area contributed by atoms with Gasteiger partial charge >= 0.3 is 0 Å². The number of aliphatic hydroxyl groups excluding tert-OH is 1. The number of halogens is 1. The minimum atomic E-state index is -0.633. The Balaban J connectivity index is 1.41. The number of benzene rings is 1. The Bertz CT molecular complexity index is 713. The van der Waals surface area contributed by atoms with Gasteiger partial charge in [-0.25, -0.2) is 4.68 Å². The summed E-state index contributed by atoms with van der Waals surface area (Å²) < 4.78 is 8.24. The van der Waals surface area contributed by atoms with Gasteiger partial charge in [0.05, 0.1) is 31.4 Å². The second kappa shape index (κ2) is 7.31. The van der Waals surface area contributed by atoms with Crippen molar-refractivity contribution in [3.63, 3.8) is 0 Å². The van der Waals surface area contributed by atoms with E-state index in [1.807, 2.05) is 24.3 Å². The molecule has 0 saturated carbocycles. The predicted octanol–water partition coefficient (Wildman–Crippen LogP) is 1.95. The number of hydrogen-bond donors (Lipinski definition) is 1. The number of aromatic nitrogens is 3. The van der Waals surface area contributed by atoms with Crippen molar-refractivity contribution in [3.8, 4) is 5.75 Å². The van der Waals surface area contributed by atoms with E-state index in [0.29, 0.717) is 31.8 Å². The number of amides is 1. The Morgan fingerprint density at radius 3 is 2.96 bits per heavy atom. The highest BCUT2D eigenvalue weighted by Crippen LogP contribution is 2.22. The molecule has 0 spiro atoms. The van der Waals surface area contributed by atoms with E-state index in [2.05, 4.69) is 26.2 Å². The van der Waals surface area contributed by atoms with Crippen molar-refractivity contribution < 1.29 is 14.6 Å². The Hall–Kier alpha value is -1.93. The van der Waals surface area contributed by atoms with Crippen molar-refractivity contribution >= 4 is 21.8 Å². The van der Waals surface area contributed by atoms with E-state index in [4.69, 9.17) is 4.74 Å². The Labute approximate surface area is 148 Å². The third-order valence-corrected chi connectivity index (χ3v) is 4.42. The van der Waals surface area contributed by atoms with Crippen LogP contribution in [0.4, 0.5) is 0 Å². The summed E-state index contributed by atoms with van der Waals surface area (Å²) in [4.78, 5) is 13.9. The molecule has 1 aliphatic heterocycles. The zero-order valence-electron chi connectivity index (χ0n) is 13.3. The van der Waals surface area contributed by atoms with Gasteiger partial charge in [-0.05, 0) is 25.1 Å². The molecule has 1 aliphatic rings. The molecule has 2 aromatic rings. The highest BCUT2D eigenvalue weighted by atomic mass is 79.9. The fourth-order valence-corrected chi connectivity index (χ4v) is 2.84. The number of nitrogens with zero attached hydrogens (tertiary/aromatic N) is 4. The van der Waals surface area contributed by atoms with E-state index < -0.39 is 6.10 Å². The van der Waals surface area contributed by atoms with Crippen LogP contribution in [-0.4, -0.2) is 50.6 Å². The van der Waals surface area contributed by atoms with Crippen LogP contribution < -0.4 is 4.74 Å². The zero-order chi connectivity index (χ0) is 17.1. The zero-order valence-corrected chi connectivity index (χ0v) is 14.9. The molecule has 8 heteroatoms. The van der Waals surface area contributed by atoms with Crippen LogP contribution in [0.15, 0.2) is 34.9 Å². The van der Waals surface area contributed by atoms with Crippen LogP contribution in [0, 0.1) is 0 Å². The van der Waals surface area contributed by atoms with Crippen LogP contribution in [-0.2, 0) is 4.79 Å². The van der Waals surface area contributed by atoms with Crippen molar-refractivity contribution in [1.82, 2.24) is 19.9 Å². The first-order valence-electron chi connectivity index (χ1n) is 7.79. The van der Waals surface area contributed by atoms with Gasteiger partial charge in [-0.3, -0.25) is 4.79 Å². The fourth-order valence-electron chi connectivity index (χ4n) is 2.46. The molecule has 1 atom stereocenters. The van der Waals surface area contributed by atoms with Gasteiger partial charge in [0.25, 0.3) is 0 Å². The average molecular weight is 395 g/mol. The Morgan fingerprint density at radius 1 is 1.50 bits per heavy atom. The monoisotopic (exact) mass is 394 g/mol. The smallest absolute Gasteiger partial charge is 0.226 e. The molecule has 3 rings (SSSR count). The first-order chi connectivity index (χ1) is 11.5. The Kier molecular flexibility index (Phi) is 5.15. The van der Waals surface area contributed by atoms with Gasteiger partial charge in [0.2, 0.25) is 5.91 Å². The first-order valence-corrected chi connectivity index (χ1v) is 8.58. The number of aliphatic hydroxyl groups is 1. The van der Waals surface area contributed by atoms with Crippen LogP contribution in [0.5, 0.6) is 5.75 Å². The number of hydrogen-bond acceptors (Lipinski definition) is 5. The maximum absolute atomic E-state index is 12.1. The molecule has 128 valence electrons. The molecule has 24 heavy (non-hydrogen) atoms. The van der Waals surface area contributed by atoms with Crippen molar-refractivity contribution in [3.05, 3.63) is 40.6 Å². The number of carbonyl (C=O) groups is 1. The molecule has 0 aliphatic carbocycles. The molecule has 7 nitrogen and oxygen atoms in total. The topological polar surface area (TPSA) is 80.5 Å². The predicted molar refractivity (Wildman–Crippen MR) is 90.5 cm³/mol. The Morgan fingerprint density at radius 2 is 2.29 bits per heavy atom. The molecule has 1 amide bonds. The molecular formula is C16H19BrN4O3. The standard InChI is InChI=1S/C16H19BrN4O3/c1-11(22)15-10-21(19-18-15)13-8-20(9-13)16(23)5-6-24-14-4-2-3-12(17)7-14/h2-4,7,10-11,13,22H,5-6,8-9H2,1H3/t11-/m0/s1. The summed E-state index contributed by atoms with van der Waals surface area (Å²) in [6.45, 7) is 3.22. The fraction of sp³-hybridized carbons (Fsp3) is 0.438. The molecule has 2 heterocycles. The molecule has 1 aromatic heterocycles. The van der Waals surface area contributed by atoms with Crippen LogP contribution in [0.2, 0.25) is 0 Å². The van der Waals surface area contributed by atoms with Gasteiger partial charge < -0.3 is 14.7 Å². The summed E-state index contributed by atoms with van der Waals surface area (Å²) in [6.07, 6.45) is 1.44. The van der Waals surface area contributed by atoms with E-state index in [1.54, 1.807) is 22.7 Å². The molecule has 1 fully saturated rings. The highest BCUT2D eigenvalue weighted by Gasteiger charge is 2.32. The van der Waals surface area contributed by atoms with Gasteiger partial charge in [0, 0.05) is 17.6 Å². The summed E-state index contributed by atoms with van der Waals surface area (Å²) in [6, 6.07) is 7.67. The molecule has 0 radical (unpaired) electrons. The minimum Gasteiger partial charge on any atom is -0.493 e. The van der Waals surface area contributed by atoms with Gasteiger partial charge in [-0.1, -0.05) is 27.2 Å². The SMILES string of the molecule is C[C@H](O)c1cn(C2CN(C(=O)CCOc3cccc(Br)c3)C2)nn1. The largest absolute Gasteiger partial charge is 0.493 e. The quantitative estimate of drug-likeness (QED) is 0.809. The second-order valence-electron chi connectivity index (χ2n) is 5.81. The first kappa shape index (κ1) is 16.9. The van der Waals surface area contributed by atoms with Gasteiger partial charge in [0.15, 0.2) is 0 Å². The van der Waals surface area contributed by atoms with E-state index in [1.165, 1.54) is 0 Å². The highest BCUT2D eigenvalue weighted by molar-refractivity contribution is 9.10. The van der Waals surface area contributed by atoms with E-state index in [-0.39, 0.29) is 11.9 Å². The summed E-state index contributed by atoms with van der Waals surface area (Å²) in [5.74, 6) is 0.809. The second-order valence-corrected chi connectivity index (χ2v) is 6.72. The van der Waals surface area contributed by atoms with E-state index >= 15 is 0 Å². The van der Waals surface area contributed by atoms with Crippen LogP contribution in [0.1, 0.15) is 31.2 Å². The number of ether oxygens (including phenoxy) is 1. The minimum absolute atomic E-state index is 0.0668. The summed E-state index contributed by atoms with van der Waals surface area (Å²) in [5.41, 5.74) is 0.544. The number of carbonyl (C=O) groups excluding carboxylic acids is 1. The lowest BCUT2D eigenvalue weighted by Crippen LogP contribution is -2.51. The lowest BCUT2D eigenvalue weighted by molar-refractivity contribution is -0.137. The lowest BCUT2D eigenvalue weighted by atomic mass is 10.1. The van der Waals surface area contributed by atoms with Crippen molar-refractivity contribution in [1.29, 1.82) is 0 Å². The number of likely N-dealkylation sites (tertiary alicyclic amines) is 1. The van der Waals surface area contributed by atoms with Gasteiger partial charge in [0.1, 0.15) is 11.4 Å². The maximum atomic E-state index is 12.1. The maximum Gasteiger partial charge on any atom is 0.226 e. The number of rotatable bonds is 6. The summed E-state index contributed by atoms with van der Waals surface area (Å²) in [7, 11) is 0. The third kappa shape index (κ3) is 3.93. The van der Waals surface area contributed by atoms with Crippen molar-refractivity contribution in [2.24, 2.45) is 0 Å². The molecule has 1 aromatic carbocycles. The van der Waals surface area contributed by atoms with Crippen molar-refractivity contribution in [2.75, 3.05) is 19.7 Å². The summed E-state index contributed by atoms with van der Waals surface area (Å²) in [5, 5.41) is 17.4. The van der Waals surface area contributed by atoms with Crippen LogP contribution >= 0.6 is 15.9 Å². The third-order valence-electron chi connectivity index (χ3n) is 3.93. The molecule has 0 bridgehead atoms. The van der Waals surface area contributed by atoms with Gasteiger partial charge in [-0.2, -0.15) is 0 Å². The molecular weight excluding hydrogens is 376 g/mol. The normalized spacial score (nSPS) is 15.9. The van der Waals surface area contributed by atoms with Gasteiger partial charge in [-0.15, -0.1) is 5.10 Å². The van der Waals surface area contributed by atoms with Crippen LogP contribution in [0.25, 0.3) is 0 Å².